The molecule has 0 saturated carbocycles. The number of benzene rings is 1. The zero-order valence-corrected chi connectivity index (χ0v) is 15.0. The van der Waals surface area contributed by atoms with Gasteiger partial charge in [0.2, 0.25) is 5.91 Å². The highest BCUT2D eigenvalue weighted by atomic mass is 19.1. The van der Waals surface area contributed by atoms with Crippen LogP contribution in [0.2, 0.25) is 0 Å². The Labute approximate surface area is 153 Å². The normalized spacial score (nSPS) is 15.1. The van der Waals surface area contributed by atoms with Crippen molar-refractivity contribution in [1.29, 1.82) is 0 Å². The summed E-state index contributed by atoms with van der Waals surface area (Å²) in [6.07, 6.45) is 4.54. The highest BCUT2D eigenvalue weighted by Crippen LogP contribution is 2.19. The van der Waals surface area contributed by atoms with Crippen LogP contribution >= 0.6 is 0 Å². The Morgan fingerprint density at radius 2 is 1.85 bits per heavy atom. The lowest BCUT2D eigenvalue weighted by Gasteiger charge is -2.34. The van der Waals surface area contributed by atoms with Crippen LogP contribution in [0.1, 0.15) is 17.5 Å². The molecule has 1 aromatic carbocycles. The van der Waals surface area contributed by atoms with Gasteiger partial charge in [0.1, 0.15) is 0 Å². The van der Waals surface area contributed by atoms with Crippen LogP contribution in [0.25, 0.3) is 0 Å². The van der Waals surface area contributed by atoms with Crippen LogP contribution < -0.4 is 4.74 Å². The smallest absolute Gasteiger partial charge is 0.222 e. The Balaban J connectivity index is 1.44. The van der Waals surface area contributed by atoms with E-state index in [1.54, 1.807) is 18.5 Å². The molecule has 2 aromatic rings. The van der Waals surface area contributed by atoms with Crippen molar-refractivity contribution in [1.82, 2.24) is 14.8 Å². The number of ether oxygens (including phenoxy) is 1. The van der Waals surface area contributed by atoms with Crippen LogP contribution in [-0.2, 0) is 17.8 Å². The van der Waals surface area contributed by atoms with Crippen molar-refractivity contribution in [2.75, 3.05) is 33.3 Å². The van der Waals surface area contributed by atoms with E-state index in [9.17, 15) is 9.18 Å². The summed E-state index contributed by atoms with van der Waals surface area (Å²) in [5.41, 5.74) is 2.05. The second-order valence-corrected chi connectivity index (χ2v) is 6.48. The summed E-state index contributed by atoms with van der Waals surface area (Å²) in [5.74, 6) is -0.0302. The third-order valence-corrected chi connectivity index (χ3v) is 4.72. The van der Waals surface area contributed by atoms with Gasteiger partial charge in [-0.05, 0) is 41.8 Å². The lowest BCUT2D eigenvalue weighted by molar-refractivity contribution is -0.133. The van der Waals surface area contributed by atoms with Gasteiger partial charge in [0.25, 0.3) is 0 Å². The molecule has 1 aliphatic heterocycles. The molecular weight excluding hydrogens is 333 g/mol. The number of carbonyl (C=O) groups excluding carboxylic acids is 1. The summed E-state index contributed by atoms with van der Waals surface area (Å²) >= 11 is 0. The molecule has 5 nitrogen and oxygen atoms in total. The van der Waals surface area contributed by atoms with E-state index < -0.39 is 0 Å². The van der Waals surface area contributed by atoms with E-state index in [-0.39, 0.29) is 17.5 Å². The van der Waals surface area contributed by atoms with Crippen LogP contribution in [0.15, 0.2) is 42.7 Å². The van der Waals surface area contributed by atoms with E-state index in [1.165, 1.54) is 18.7 Å². The highest BCUT2D eigenvalue weighted by Gasteiger charge is 2.21. The summed E-state index contributed by atoms with van der Waals surface area (Å²) in [6.45, 7) is 4.09. The van der Waals surface area contributed by atoms with Crippen LogP contribution in [0, 0.1) is 5.82 Å². The first-order valence-electron chi connectivity index (χ1n) is 8.87. The largest absolute Gasteiger partial charge is 0.494 e. The number of amides is 1. The summed E-state index contributed by atoms with van der Waals surface area (Å²) in [4.78, 5) is 20.7. The number of halogens is 1. The molecule has 0 unspecified atom stereocenters. The van der Waals surface area contributed by atoms with Crippen LogP contribution in [0.5, 0.6) is 5.75 Å². The molecule has 1 saturated heterocycles. The zero-order valence-electron chi connectivity index (χ0n) is 15.0. The van der Waals surface area contributed by atoms with Crippen molar-refractivity contribution < 1.29 is 13.9 Å². The van der Waals surface area contributed by atoms with E-state index in [0.717, 1.165) is 38.3 Å². The summed E-state index contributed by atoms with van der Waals surface area (Å²) < 4.78 is 18.6. The number of hydrogen-bond donors (Lipinski definition) is 0. The summed E-state index contributed by atoms with van der Waals surface area (Å²) in [6, 6.07) is 8.89. The lowest BCUT2D eigenvalue weighted by atomic mass is 10.1. The van der Waals surface area contributed by atoms with Gasteiger partial charge in [-0.25, -0.2) is 4.39 Å². The highest BCUT2D eigenvalue weighted by molar-refractivity contribution is 5.76. The van der Waals surface area contributed by atoms with Crippen molar-refractivity contribution in [2.45, 2.75) is 19.4 Å². The summed E-state index contributed by atoms with van der Waals surface area (Å²) in [5, 5.41) is 0. The zero-order chi connectivity index (χ0) is 18.4. The number of methoxy groups -OCH3 is 1. The van der Waals surface area contributed by atoms with Crippen molar-refractivity contribution in [3.63, 3.8) is 0 Å². The molecule has 1 aliphatic rings. The molecule has 0 spiro atoms. The monoisotopic (exact) mass is 357 g/mol. The number of nitrogens with zero attached hydrogens (tertiary/aromatic N) is 3. The SMILES string of the molecule is COc1ccc(CCC(=O)N2CCN(Cc3ccncc3)CC2)cc1F. The maximum atomic E-state index is 13.7. The van der Waals surface area contributed by atoms with Gasteiger partial charge in [-0.2, -0.15) is 0 Å². The van der Waals surface area contributed by atoms with Gasteiger partial charge in [-0.15, -0.1) is 0 Å². The first-order valence-corrected chi connectivity index (χ1v) is 8.87. The Kier molecular flexibility index (Phi) is 6.17. The van der Waals surface area contributed by atoms with E-state index in [0.29, 0.717) is 12.8 Å². The number of carbonyl (C=O) groups is 1. The second-order valence-electron chi connectivity index (χ2n) is 6.48. The average molecular weight is 357 g/mol. The number of rotatable bonds is 6. The Hall–Kier alpha value is -2.47. The second kappa shape index (κ2) is 8.76. The van der Waals surface area contributed by atoms with Crippen molar-refractivity contribution >= 4 is 5.91 Å². The van der Waals surface area contributed by atoms with E-state index >= 15 is 0 Å². The molecule has 1 aromatic heterocycles. The van der Waals surface area contributed by atoms with Gasteiger partial charge in [0.05, 0.1) is 7.11 Å². The number of hydrogen-bond acceptors (Lipinski definition) is 4. The van der Waals surface area contributed by atoms with Crippen molar-refractivity contribution in [2.24, 2.45) is 0 Å². The van der Waals surface area contributed by atoms with Gasteiger partial charge in [0.15, 0.2) is 11.6 Å². The minimum atomic E-state index is -0.387. The van der Waals surface area contributed by atoms with Crippen molar-refractivity contribution in [3.05, 3.63) is 59.7 Å². The minimum absolute atomic E-state index is 0.129. The Bertz CT molecular complexity index is 731. The maximum Gasteiger partial charge on any atom is 0.222 e. The number of aryl methyl sites for hydroxylation is 1. The van der Waals surface area contributed by atoms with Gasteiger partial charge < -0.3 is 9.64 Å². The standard InChI is InChI=1S/C20H24FN3O2/c1-26-19-4-2-16(14-18(19)21)3-5-20(25)24-12-10-23(11-13-24)15-17-6-8-22-9-7-17/h2,4,6-9,14H,3,5,10-13,15H2,1H3. The van der Waals surface area contributed by atoms with E-state index in [1.807, 2.05) is 23.1 Å². The summed E-state index contributed by atoms with van der Waals surface area (Å²) in [7, 11) is 1.44. The quantitative estimate of drug-likeness (QED) is 0.797. The fraction of sp³-hybridized carbons (Fsp3) is 0.400. The topological polar surface area (TPSA) is 45.7 Å². The van der Waals surface area contributed by atoms with Gasteiger partial charge in [-0.1, -0.05) is 6.07 Å². The first kappa shape index (κ1) is 18.3. The molecule has 6 heteroatoms. The fourth-order valence-corrected chi connectivity index (χ4v) is 3.18. The van der Waals surface area contributed by atoms with Gasteiger partial charge >= 0.3 is 0 Å². The maximum absolute atomic E-state index is 13.7. The van der Waals surface area contributed by atoms with Crippen LogP contribution in [0.4, 0.5) is 4.39 Å². The molecule has 2 heterocycles. The Morgan fingerprint density at radius 3 is 2.50 bits per heavy atom. The third kappa shape index (κ3) is 4.79. The molecule has 138 valence electrons. The number of pyridine rings is 1. The third-order valence-electron chi connectivity index (χ3n) is 4.72. The molecule has 1 fully saturated rings. The number of aromatic nitrogens is 1. The molecule has 0 aliphatic carbocycles. The van der Waals surface area contributed by atoms with E-state index in [4.69, 9.17) is 4.74 Å². The fourth-order valence-electron chi connectivity index (χ4n) is 3.18. The lowest BCUT2D eigenvalue weighted by Crippen LogP contribution is -2.48. The molecular formula is C20H24FN3O2. The van der Waals surface area contributed by atoms with Gasteiger partial charge in [-0.3, -0.25) is 14.7 Å². The van der Waals surface area contributed by atoms with Crippen LogP contribution in [0.3, 0.4) is 0 Å². The average Bonchev–Trinajstić information content (AvgIpc) is 2.67. The van der Waals surface area contributed by atoms with Crippen molar-refractivity contribution in [3.8, 4) is 5.75 Å². The molecule has 0 N–H and O–H groups in total. The Morgan fingerprint density at radius 1 is 1.12 bits per heavy atom. The molecule has 0 bridgehead atoms. The molecule has 1 amide bonds. The predicted octanol–water partition coefficient (Wildman–Crippen LogP) is 2.51. The molecule has 0 radical (unpaired) electrons. The predicted molar refractivity (Wildman–Crippen MR) is 97.4 cm³/mol. The van der Waals surface area contributed by atoms with Gasteiger partial charge in [0, 0.05) is 51.5 Å². The van der Waals surface area contributed by atoms with Crippen LogP contribution in [-0.4, -0.2) is 54.0 Å². The molecule has 0 atom stereocenters. The number of piperazine rings is 1. The van der Waals surface area contributed by atoms with E-state index in [2.05, 4.69) is 9.88 Å². The first-order chi connectivity index (χ1) is 12.7. The molecule has 3 rings (SSSR count). The molecule has 26 heavy (non-hydrogen) atoms. The minimum Gasteiger partial charge on any atom is -0.494 e.